The summed E-state index contributed by atoms with van der Waals surface area (Å²) in [7, 11) is 0. The van der Waals surface area contributed by atoms with Crippen molar-refractivity contribution >= 4 is 48.9 Å². The van der Waals surface area contributed by atoms with E-state index in [2.05, 4.69) is 0 Å². The summed E-state index contributed by atoms with van der Waals surface area (Å²) in [5.74, 6) is 0. The van der Waals surface area contributed by atoms with Gasteiger partial charge in [0.1, 0.15) is 0 Å². The molecular formula is H3BaLiMnNi. The van der Waals surface area contributed by atoms with Crippen LogP contribution in [-0.4, -0.2) is 48.9 Å². The van der Waals surface area contributed by atoms with Gasteiger partial charge in [-0.2, -0.15) is 0 Å². The summed E-state index contributed by atoms with van der Waals surface area (Å²) in [4.78, 5) is 0. The molecule has 0 amide bonds. The van der Waals surface area contributed by atoms with E-state index >= 15 is 0 Å². The van der Waals surface area contributed by atoms with Crippen molar-refractivity contribution in [2.75, 3.05) is 0 Å². The Morgan fingerprint density at radius 1 is 1.25 bits per heavy atom. The minimum Gasteiger partial charge on any atom is -1.00 e. The van der Waals surface area contributed by atoms with Crippen molar-refractivity contribution in [1.82, 2.24) is 0 Å². The van der Waals surface area contributed by atoms with Crippen LogP contribution >= 0.6 is 0 Å². The molecule has 4 heteroatoms. The van der Waals surface area contributed by atoms with Gasteiger partial charge in [0, 0.05) is 33.6 Å². The van der Waals surface area contributed by atoms with E-state index in [1.807, 2.05) is 0 Å². The number of rotatable bonds is 0. The maximum absolute atomic E-state index is 0. The van der Waals surface area contributed by atoms with Gasteiger partial charge in [0.15, 0.2) is 0 Å². The summed E-state index contributed by atoms with van der Waals surface area (Å²) >= 11 is 0. The van der Waals surface area contributed by atoms with E-state index in [1.54, 1.807) is 0 Å². The Bertz CT molecular complexity index is 14.9. The van der Waals surface area contributed by atoms with E-state index in [0.29, 0.717) is 0 Å². The van der Waals surface area contributed by atoms with Gasteiger partial charge in [-0.1, -0.05) is 0 Å². The average Bonchev–Trinajstić information content (AvgIpc) is 0. The molecule has 0 fully saturated rings. The first kappa shape index (κ1) is 27.1. The molecule has 0 N–H and O–H groups in total. The number of hydrogen-bond donors (Lipinski definition) is 0. The predicted molar refractivity (Wildman–Crippen MR) is 9.09 cm³/mol. The van der Waals surface area contributed by atoms with Crippen molar-refractivity contribution in [3.63, 3.8) is 0 Å². The third kappa shape index (κ3) is 8.95. The molecule has 1 radical (unpaired) electrons. The Morgan fingerprint density at radius 3 is 1.25 bits per heavy atom. The zero-order valence-corrected chi connectivity index (χ0v) is 9.01. The van der Waals surface area contributed by atoms with Crippen LogP contribution in [0, 0.1) is 0 Å². The predicted octanol–water partition coefficient (Wildman–Crippen LogP) is -3.04. The largest absolute Gasteiger partial charge is 2.00 e. The van der Waals surface area contributed by atoms with E-state index in [4.69, 9.17) is 0 Å². The first-order valence-corrected chi connectivity index (χ1v) is 0. The summed E-state index contributed by atoms with van der Waals surface area (Å²) < 4.78 is 0. The third-order valence-corrected chi connectivity index (χ3v) is 0. The smallest absolute Gasteiger partial charge is 1.00 e. The van der Waals surface area contributed by atoms with Gasteiger partial charge in [0.25, 0.3) is 0 Å². The standard InChI is InChI=1S/Ba.Li.Mn.Ni.3H/q+2;+1;;;3*-1. The van der Waals surface area contributed by atoms with Crippen LogP contribution in [0.2, 0.25) is 0 Å². The molecule has 0 heterocycles. The summed E-state index contributed by atoms with van der Waals surface area (Å²) in [6.45, 7) is 0. The maximum atomic E-state index is 0. The molecule has 0 aliphatic rings. The molecule has 0 saturated carbocycles. The third-order valence-electron chi connectivity index (χ3n) is 0. The normalized spacial score (nSPS) is 0. The van der Waals surface area contributed by atoms with E-state index in [9.17, 15) is 0 Å². The van der Waals surface area contributed by atoms with E-state index < -0.39 is 0 Å². The summed E-state index contributed by atoms with van der Waals surface area (Å²) in [5, 5.41) is 0. The van der Waals surface area contributed by atoms with Gasteiger partial charge >= 0.3 is 67.7 Å². The van der Waals surface area contributed by atoms with E-state index in [1.165, 1.54) is 0 Å². The molecule has 0 aromatic heterocycles. The van der Waals surface area contributed by atoms with Crippen LogP contribution < -0.4 is 18.9 Å². The zero-order chi connectivity index (χ0) is 0. The van der Waals surface area contributed by atoms with Crippen LogP contribution in [0.4, 0.5) is 0 Å². The van der Waals surface area contributed by atoms with Gasteiger partial charge in [-0.05, 0) is 0 Å². The van der Waals surface area contributed by atoms with E-state index in [-0.39, 0.29) is 106 Å². The molecule has 4 heavy (non-hydrogen) atoms. The fraction of sp³-hybridized carbons (Fsp3) is 0. The molecule has 0 aromatic carbocycles. The minimum atomic E-state index is 0. The van der Waals surface area contributed by atoms with Gasteiger partial charge in [-0.25, -0.2) is 0 Å². The summed E-state index contributed by atoms with van der Waals surface area (Å²) in [6, 6.07) is 0. The van der Waals surface area contributed by atoms with Gasteiger partial charge in [0.2, 0.25) is 0 Å². The second-order valence-corrected chi connectivity index (χ2v) is 0. The van der Waals surface area contributed by atoms with Crippen LogP contribution in [0.15, 0.2) is 0 Å². The maximum Gasteiger partial charge on any atom is 2.00 e. The topological polar surface area (TPSA) is 0 Å². The summed E-state index contributed by atoms with van der Waals surface area (Å²) in [6.07, 6.45) is 0. The molecule has 0 rings (SSSR count). The molecule has 23 valence electrons. The Kier molecular flexibility index (Phi) is 111. The minimum absolute atomic E-state index is 0. The van der Waals surface area contributed by atoms with Crippen LogP contribution in [0.25, 0.3) is 0 Å². The van der Waals surface area contributed by atoms with Crippen molar-refractivity contribution in [3.05, 3.63) is 0 Å². The second kappa shape index (κ2) is 16.4. The molecule has 0 aromatic rings. The Hall–Kier alpha value is 3.18. The van der Waals surface area contributed by atoms with Crippen molar-refractivity contribution in [2.24, 2.45) is 0 Å². The molecule has 0 aliphatic carbocycles. The summed E-state index contributed by atoms with van der Waals surface area (Å²) in [5.41, 5.74) is 0. The Morgan fingerprint density at radius 2 is 1.25 bits per heavy atom. The van der Waals surface area contributed by atoms with Gasteiger partial charge in [-0.3, -0.25) is 0 Å². The van der Waals surface area contributed by atoms with Crippen molar-refractivity contribution < 1.29 is 56.7 Å². The van der Waals surface area contributed by atoms with Crippen molar-refractivity contribution in [1.29, 1.82) is 0 Å². The molecule has 0 nitrogen and oxygen atoms in total. The molecule has 0 spiro atoms. The van der Waals surface area contributed by atoms with Crippen LogP contribution in [0.5, 0.6) is 0 Å². The SMILES string of the molecule is [Ba+2].[H-].[H-].[H-].[Li+].[Mn].[Ni]. The van der Waals surface area contributed by atoms with Gasteiger partial charge < -0.3 is 4.28 Å². The van der Waals surface area contributed by atoms with Gasteiger partial charge in [0.05, 0.1) is 0 Å². The van der Waals surface area contributed by atoms with Crippen LogP contribution in [-0.2, 0) is 33.6 Å². The molecule has 0 saturated heterocycles. The fourth-order valence-corrected chi connectivity index (χ4v) is 0. The van der Waals surface area contributed by atoms with Gasteiger partial charge in [-0.15, -0.1) is 0 Å². The molecular weight excluding hydrogens is 258 g/mol. The first-order chi connectivity index (χ1) is 0. The Labute approximate surface area is 103 Å². The van der Waals surface area contributed by atoms with Crippen LogP contribution in [0.1, 0.15) is 4.28 Å². The molecule has 0 atom stereocenters. The van der Waals surface area contributed by atoms with Crippen molar-refractivity contribution in [2.45, 2.75) is 0 Å². The Balaban J connectivity index is 0. The van der Waals surface area contributed by atoms with Crippen LogP contribution in [0.3, 0.4) is 0 Å². The zero-order valence-electron chi connectivity index (χ0n) is 5.40. The average molecular weight is 261 g/mol. The van der Waals surface area contributed by atoms with E-state index in [0.717, 1.165) is 0 Å². The second-order valence-electron chi connectivity index (χ2n) is 0. The monoisotopic (exact) mass is 261 g/mol. The molecule has 0 unspecified atom stereocenters. The molecule has 0 bridgehead atoms. The van der Waals surface area contributed by atoms with Crippen molar-refractivity contribution in [3.8, 4) is 0 Å². The number of hydrogen-bond acceptors (Lipinski definition) is 0. The first-order valence-electron chi connectivity index (χ1n) is 0. The fourth-order valence-electron chi connectivity index (χ4n) is 0. The molecule has 0 aliphatic heterocycles. The quantitative estimate of drug-likeness (QED) is 0.407.